The minimum absolute atomic E-state index is 0.201. The van der Waals surface area contributed by atoms with Crippen molar-refractivity contribution < 1.29 is 4.74 Å². The Morgan fingerprint density at radius 3 is 3.00 bits per heavy atom. The molecular weight excluding hydrogens is 276 g/mol. The number of ether oxygens (including phenoxy) is 1. The molecule has 0 saturated heterocycles. The summed E-state index contributed by atoms with van der Waals surface area (Å²) in [6.07, 6.45) is 0. The lowest BCUT2D eigenvalue weighted by molar-refractivity contribution is 0.413. The van der Waals surface area contributed by atoms with Crippen LogP contribution in [0, 0.1) is 11.3 Å². The van der Waals surface area contributed by atoms with Crippen LogP contribution in [0.2, 0.25) is 0 Å². The van der Waals surface area contributed by atoms with Gasteiger partial charge in [0, 0.05) is 12.3 Å². The number of aromatic nitrogens is 3. The molecule has 0 aliphatic heterocycles. The van der Waals surface area contributed by atoms with Crippen LogP contribution in [0.5, 0.6) is 5.75 Å². The molecule has 1 aromatic carbocycles. The second kappa shape index (κ2) is 6.30. The molecule has 0 amide bonds. The van der Waals surface area contributed by atoms with Gasteiger partial charge in [0.15, 0.2) is 5.16 Å². The highest BCUT2D eigenvalue weighted by Crippen LogP contribution is 2.24. The van der Waals surface area contributed by atoms with Gasteiger partial charge in [-0.05, 0) is 24.6 Å². The second-order valence-corrected chi connectivity index (χ2v) is 4.93. The molecule has 0 bridgehead atoms. The Morgan fingerprint density at radius 2 is 2.35 bits per heavy atom. The molecular formula is C13H14N4O2S. The number of rotatable bonds is 5. The van der Waals surface area contributed by atoms with Crippen LogP contribution in [0.25, 0.3) is 0 Å². The molecule has 0 aliphatic carbocycles. The van der Waals surface area contributed by atoms with Crippen molar-refractivity contribution in [2.75, 3.05) is 7.11 Å². The first-order chi connectivity index (χ1) is 9.69. The fraction of sp³-hybridized carbons (Fsp3) is 0.308. The van der Waals surface area contributed by atoms with Crippen molar-refractivity contribution >= 4 is 11.8 Å². The van der Waals surface area contributed by atoms with E-state index in [1.807, 2.05) is 19.1 Å². The number of H-pyrrole nitrogens is 1. The van der Waals surface area contributed by atoms with Crippen LogP contribution in [-0.2, 0) is 12.3 Å². The highest BCUT2D eigenvalue weighted by molar-refractivity contribution is 7.98. The monoisotopic (exact) mass is 290 g/mol. The minimum Gasteiger partial charge on any atom is -0.495 e. The van der Waals surface area contributed by atoms with Crippen molar-refractivity contribution in [1.82, 2.24) is 14.8 Å². The molecule has 20 heavy (non-hydrogen) atoms. The first kappa shape index (κ1) is 14.2. The first-order valence-corrected chi connectivity index (χ1v) is 7.03. The van der Waals surface area contributed by atoms with E-state index in [0.717, 1.165) is 5.56 Å². The molecule has 7 heteroatoms. The Kier molecular flexibility index (Phi) is 4.48. The summed E-state index contributed by atoms with van der Waals surface area (Å²) in [5, 5.41) is 16.0. The highest BCUT2D eigenvalue weighted by atomic mass is 32.2. The standard InChI is InChI=1S/C13H14N4O2S/c1-3-17-12(18)15-16-13(17)20-8-9-4-5-10(7-14)11(6-9)19-2/h4-6H,3,8H2,1-2H3,(H,15,18). The molecule has 0 saturated carbocycles. The molecule has 104 valence electrons. The van der Waals surface area contributed by atoms with Crippen molar-refractivity contribution in [3.05, 3.63) is 39.8 Å². The van der Waals surface area contributed by atoms with Crippen molar-refractivity contribution in [3.63, 3.8) is 0 Å². The van der Waals surface area contributed by atoms with E-state index in [1.165, 1.54) is 18.9 Å². The van der Waals surface area contributed by atoms with E-state index >= 15 is 0 Å². The van der Waals surface area contributed by atoms with Crippen LogP contribution in [0.1, 0.15) is 18.1 Å². The number of hydrogen-bond acceptors (Lipinski definition) is 5. The van der Waals surface area contributed by atoms with Crippen LogP contribution in [0.4, 0.5) is 0 Å². The number of hydrogen-bond donors (Lipinski definition) is 1. The molecule has 0 unspecified atom stereocenters. The zero-order chi connectivity index (χ0) is 14.5. The molecule has 6 nitrogen and oxygen atoms in total. The minimum atomic E-state index is -0.201. The van der Waals surface area contributed by atoms with Gasteiger partial charge in [-0.25, -0.2) is 9.89 Å². The van der Waals surface area contributed by atoms with Gasteiger partial charge in [0.2, 0.25) is 0 Å². The summed E-state index contributed by atoms with van der Waals surface area (Å²) in [6, 6.07) is 7.50. The number of nitriles is 1. The second-order valence-electron chi connectivity index (χ2n) is 3.99. The van der Waals surface area contributed by atoms with Crippen LogP contribution in [0.15, 0.2) is 28.2 Å². The van der Waals surface area contributed by atoms with Gasteiger partial charge in [0.05, 0.1) is 12.7 Å². The Bertz CT molecular complexity index is 699. The maximum absolute atomic E-state index is 11.4. The van der Waals surface area contributed by atoms with Crippen molar-refractivity contribution in [3.8, 4) is 11.8 Å². The summed E-state index contributed by atoms with van der Waals surface area (Å²) in [4.78, 5) is 11.4. The van der Waals surface area contributed by atoms with E-state index in [1.54, 1.807) is 10.6 Å². The molecule has 1 N–H and O–H groups in total. The van der Waals surface area contributed by atoms with E-state index in [2.05, 4.69) is 16.3 Å². The molecule has 1 heterocycles. The van der Waals surface area contributed by atoms with Gasteiger partial charge < -0.3 is 4.74 Å². The maximum atomic E-state index is 11.4. The molecule has 0 radical (unpaired) electrons. The predicted octanol–water partition coefficient (Wildman–Crippen LogP) is 1.76. The molecule has 0 atom stereocenters. The molecule has 1 aromatic heterocycles. The smallest absolute Gasteiger partial charge is 0.343 e. The SMILES string of the molecule is CCn1c(SCc2ccc(C#N)c(OC)c2)n[nH]c1=O. The van der Waals surface area contributed by atoms with Gasteiger partial charge in [-0.3, -0.25) is 4.57 Å². The van der Waals surface area contributed by atoms with Crippen molar-refractivity contribution in [1.29, 1.82) is 5.26 Å². The summed E-state index contributed by atoms with van der Waals surface area (Å²) >= 11 is 1.46. The van der Waals surface area contributed by atoms with E-state index in [0.29, 0.717) is 28.8 Å². The topological polar surface area (TPSA) is 83.7 Å². The normalized spacial score (nSPS) is 10.2. The molecule has 0 spiro atoms. The number of methoxy groups -OCH3 is 1. The highest BCUT2D eigenvalue weighted by Gasteiger charge is 2.09. The molecule has 0 fully saturated rings. The summed E-state index contributed by atoms with van der Waals surface area (Å²) in [6.45, 7) is 2.47. The van der Waals surface area contributed by atoms with E-state index in [-0.39, 0.29) is 5.69 Å². The Morgan fingerprint density at radius 1 is 1.55 bits per heavy atom. The number of thioether (sulfide) groups is 1. The Hall–Kier alpha value is -2.20. The number of benzene rings is 1. The quantitative estimate of drug-likeness (QED) is 0.848. The average molecular weight is 290 g/mol. The van der Waals surface area contributed by atoms with Crippen molar-refractivity contribution in [2.24, 2.45) is 0 Å². The lowest BCUT2D eigenvalue weighted by Crippen LogP contribution is -2.16. The summed E-state index contributed by atoms with van der Waals surface area (Å²) < 4.78 is 6.74. The molecule has 2 rings (SSSR count). The van der Waals surface area contributed by atoms with Gasteiger partial charge in [0.25, 0.3) is 0 Å². The van der Waals surface area contributed by atoms with E-state index < -0.39 is 0 Å². The number of nitrogens with one attached hydrogen (secondary N) is 1. The zero-order valence-corrected chi connectivity index (χ0v) is 12.0. The lowest BCUT2D eigenvalue weighted by atomic mass is 10.1. The third kappa shape index (κ3) is 2.86. The van der Waals surface area contributed by atoms with Gasteiger partial charge in [-0.2, -0.15) is 5.26 Å². The third-order valence-corrected chi connectivity index (χ3v) is 3.84. The Labute approximate surface area is 120 Å². The van der Waals surface area contributed by atoms with Gasteiger partial charge >= 0.3 is 5.69 Å². The van der Waals surface area contributed by atoms with E-state index in [4.69, 9.17) is 10.00 Å². The van der Waals surface area contributed by atoms with Gasteiger partial charge in [0.1, 0.15) is 11.8 Å². The third-order valence-electron chi connectivity index (χ3n) is 2.79. The fourth-order valence-electron chi connectivity index (χ4n) is 1.76. The Balaban J connectivity index is 2.15. The fourth-order valence-corrected chi connectivity index (χ4v) is 2.71. The first-order valence-electron chi connectivity index (χ1n) is 6.04. The summed E-state index contributed by atoms with van der Waals surface area (Å²) in [7, 11) is 1.54. The average Bonchev–Trinajstić information content (AvgIpc) is 2.84. The number of aromatic amines is 1. The van der Waals surface area contributed by atoms with Crippen molar-refractivity contribution in [2.45, 2.75) is 24.4 Å². The lowest BCUT2D eigenvalue weighted by Gasteiger charge is -2.06. The largest absolute Gasteiger partial charge is 0.495 e. The molecule has 2 aromatic rings. The molecule has 0 aliphatic rings. The predicted molar refractivity (Wildman–Crippen MR) is 75.8 cm³/mol. The summed E-state index contributed by atoms with van der Waals surface area (Å²) in [5.74, 6) is 1.20. The van der Waals surface area contributed by atoms with Crippen LogP contribution >= 0.6 is 11.8 Å². The maximum Gasteiger partial charge on any atom is 0.343 e. The van der Waals surface area contributed by atoms with Crippen LogP contribution in [0.3, 0.4) is 0 Å². The number of nitrogens with zero attached hydrogens (tertiary/aromatic N) is 3. The zero-order valence-electron chi connectivity index (χ0n) is 11.2. The van der Waals surface area contributed by atoms with Crippen LogP contribution < -0.4 is 10.4 Å². The van der Waals surface area contributed by atoms with Gasteiger partial charge in [-0.1, -0.05) is 17.8 Å². The summed E-state index contributed by atoms with van der Waals surface area (Å²) in [5.41, 5.74) is 1.31. The van der Waals surface area contributed by atoms with Gasteiger partial charge in [-0.15, -0.1) is 5.10 Å². The van der Waals surface area contributed by atoms with Crippen LogP contribution in [-0.4, -0.2) is 21.9 Å². The van der Waals surface area contributed by atoms with E-state index in [9.17, 15) is 4.79 Å².